The third-order valence-electron chi connectivity index (χ3n) is 0. The Morgan fingerprint density at radius 2 is 0.200 bits per heavy atom. The van der Waals surface area contributed by atoms with Crippen LogP contribution in [0.2, 0.25) is 0 Å². The van der Waals surface area contributed by atoms with Crippen LogP contribution in [0.5, 0.6) is 0 Å². The van der Waals surface area contributed by atoms with Gasteiger partial charge in [0, 0.05) is 0 Å². The van der Waals surface area contributed by atoms with Crippen molar-refractivity contribution in [2.75, 3.05) is 0 Å². The molecular weight excluding hydrogens is 437 g/mol. The van der Waals surface area contributed by atoms with Gasteiger partial charge in [0.15, 0.2) is 0 Å². The molecule has 0 rings (SSSR count). The van der Waals surface area contributed by atoms with Crippen LogP contribution in [0.25, 0.3) is 0 Å². The van der Waals surface area contributed by atoms with Crippen LogP contribution < -0.4 is 87.3 Å². The van der Waals surface area contributed by atoms with Crippen molar-refractivity contribution in [2.45, 2.75) is 0 Å². The fourth-order valence-electron chi connectivity index (χ4n) is 0. The standard InChI is InChI=1S/4ClH.8FH.3Ti/h12*1H;;;/q;;;;;;;;;;;;3*+4/p-12. The normalized spacial score (nSPS) is 0. The maximum atomic E-state index is 0. The summed E-state index contributed by atoms with van der Waals surface area (Å²) in [6, 6.07) is 0. The zero-order chi connectivity index (χ0) is 0. The van der Waals surface area contributed by atoms with Gasteiger partial charge in [-0.3, -0.25) is 0 Å². The zero-order valence-electron chi connectivity index (χ0n) is 6.04. The van der Waals surface area contributed by atoms with E-state index in [0.29, 0.717) is 0 Å². The average molecular weight is 437 g/mol. The van der Waals surface area contributed by atoms with Gasteiger partial charge in [0.1, 0.15) is 0 Å². The van der Waals surface area contributed by atoms with Gasteiger partial charge in [-0.05, 0) is 0 Å². The molecule has 0 atom stereocenters. The third kappa shape index (κ3) is 484. The fourth-order valence-corrected chi connectivity index (χ4v) is 0. The molecule has 0 heterocycles. The molecule has 0 aromatic heterocycles. The first-order valence-corrected chi connectivity index (χ1v) is 0. The molecule has 0 aromatic rings. The summed E-state index contributed by atoms with van der Waals surface area (Å²) >= 11 is 0. The summed E-state index contributed by atoms with van der Waals surface area (Å²) < 4.78 is 0. The summed E-state index contributed by atoms with van der Waals surface area (Å²) in [5.74, 6) is 0. The van der Waals surface area contributed by atoms with Crippen molar-refractivity contribution >= 4 is 0 Å². The Morgan fingerprint density at radius 3 is 0.200 bits per heavy atom. The van der Waals surface area contributed by atoms with E-state index in [2.05, 4.69) is 0 Å². The van der Waals surface area contributed by atoms with Crippen molar-refractivity contribution in [3.05, 3.63) is 0 Å². The molecule has 0 N–H and O–H groups in total. The first kappa shape index (κ1) is 661. The Labute approximate surface area is 151 Å². The van der Waals surface area contributed by atoms with Gasteiger partial charge in [-0.1, -0.05) is 0 Å². The third-order valence-corrected chi connectivity index (χ3v) is 0. The summed E-state index contributed by atoms with van der Waals surface area (Å²) in [4.78, 5) is 0. The van der Waals surface area contributed by atoms with Gasteiger partial charge in [-0.25, -0.2) is 0 Å². The van der Waals surface area contributed by atoms with Crippen molar-refractivity contribution in [1.82, 2.24) is 0 Å². The van der Waals surface area contributed by atoms with Crippen molar-refractivity contribution in [1.29, 1.82) is 0 Å². The molecule has 0 saturated heterocycles. The first-order valence-electron chi connectivity index (χ1n) is 0. The molecule has 0 nitrogen and oxygen atoms in total. The summed E-state index contributed by atoms with van der Waals surface area (Å²) in [5, 5.41) is 0. The second-order valence-corrected chi connectivity index (χ2v) is 0. The molecule has 0 fully saturated rings. The first-order chi connectivity index (χ1) is 0. The van der Waals surface area contributed by atoms with Gasteiger partial charge in [-0.2, -0.15) is 0 Å². The molecule has 0 aliphatic rings. The topological polar surface area (TPSA) is 0 Å². The smallest absolute Gasteiger partial charge is 1.00 e. The van der Waals surface area contributed by atoms with Crippen LogP contribution in [0.4, 0.5) is 0 Å². The molecule has 0 spiro atoms. The Balaban J connectivity index is 0. The van der Waals surface area contributed by atoms with Crippen molar-refractivity contribution < 1.29 is 152 Å². The van der Waals surface area contributed by atoms with Crippen LogP contribution in [0.15, 0.2) is 0 Å². The number of rotatable bonds is 0. The van der Waals surface area contributed by atoms with E-state index in [1.54, 1.807) is 0 Å². The van der Waals surface area contributed by atoms with E-state index in [1.807, 2.05) is 0 Å². The Kier molecular flexibility index (Phi) is 24300. The molecule has 0 amide bonds. The molecule has 0 aliphatic carbocycles. The molecule has 0 saturated carbocycles. The van der Waals surface area contributed by atoms with Crippen LogP contribution in [-0.4, -0.2) is 0 Å². The Bertz CT molecular complexity index is 21.8. The van der Waals surface area contributed by atoms with E-state index in [1.165, 1.54) is 0 Å². The zero-order valence-corrected chi connectivity index (χ0v) is 13.7. The Hall–Kier alpha value is 2.74. The van der Waals surface area contributed by atoms with Crippen LogP contribution in [0, 0.1) is 0 Å². The molecule has 0 bridgehead atoms. The Morgan fingerprint density at radius 1 is 0.200 bits per heavy atom. The van der Waals surface area contributed by atoms with Gasteiger partial charge in [0.25, 0.3) is 0 Å². The van der Waals surface area contributed by atoms with Gasteiger partial charge in [0.2, 0.25) is 0 Å². The average Bonchev–Trinajstić information content (AvgIpc) is 0. The maximum Gasteiger partial charge on any atom is 4.00 e. The summed E-state index contributed by atoms with van der Waals surface area (Å²) in [7, 11) is 0. The van der Waals surface area contributed by atoms with Crippen LogP contribution in [0.3, 0.4) is 0 Å². The molecule has 96 valence electrons. The largest absolute Gasteiger partial charge is 4.00 e. The molecule has 0 unspecified atom stereocenters. The van der Waals surface area contributed by atoms with Crippen LogP contribution in [0.1, 0.15) is 0 Å². The van der Waals surface area contributed by atoms with Gasteiger partial charge in [-0.15, -0.1) is 0 Å². The van der Waals surface area contributed by atoms with E-state index in [9.17, 15) is 0 Å². The minimum absolute atomic E-state index is 0. The van der Waals surface area contributed by atoms with Crippen molar-refractivity contribution in [2.24, 2.45) is 0 Å². The molecule has 15 heavy (non-hydrogen) atoms. The van der Waals surface area contributed by atoms with Gasteiger partial charge >= 0.3 is 65.2 Å². The molecule has 0 radical (unpaired) electrons. The van der Waals surface area contributed by atoms with Crippen LogP contribution in [-0.2, 0) is 65.2 Å². The van der Waals surface area contributed by atoms with Crippen molar-refractivity contribution in [3.8, 4) is 0 Å². The summed E-state index contributed by atoms with van der Waals surface area (Å²) in [6.07, 6.45) is 0. The second-order valence-electron chi connectivity index (χ2n) is 0. The SMILES string of the molecule is [Cl-].[Cl-].[Cl-].[Cl-].[F-].[F-].[F-].[F-].[F-].[F-].[F-].[F-].[Ti+4].[Ti+4].[Ti+4]. The van der Waals surface area contributed by atoms with E-state index >= 15 is 0 Å². The molecular formula is Cl4F8Ti3. The van der Waals surface area contributed by atoms with Crippen molar-refractivity contribution in [3.63, 3.8) is 0 Å². The van der Waals surface area contributed by atoms with Gasteiger partial charge in [0.05, 0.1) is 0 Å². The van der Waals surface area contributed by atoms with Crippen LogP contribution >= 0.6 is 0 Å². The molecule has 0 aliphatic heterocycles. The molecule has 15 heteroatoms. The van der Waals surface area contributed by atoms with E-state index in [0.717, 1.165) is 0 Å². The van der Waals surface area contributed by atoms with E-state index in [-0.39, 0.29) is 152 Å². The van der Waals surface area contributed by atoms with Gasteiger partial charge < -0.3 is 87.3 Å². The quantitative estimate of drug-likeness (QED) is 0.261. The molecule has 0 aromatic carbocycles. The van der Waals surface area contributed by atoms with E-state index in [4.69, 9.17) is 0 Å². The second kappa shape index (κ2) is 552. The maximum absolute atomic E-state index is 0. The monoisotopic (exact) mass is 436 g/mol. The summed E-state index contributed by atoms with van der Waals surface area (Å²) in [5.41, 5.74) is 0. The summed E-state index contributed by atoms with van der Waals surface area (Å²) in [6.45, 7) is 0. The fraction of sp³-hybridized carbons (Fsp3) is 0. The van der Waals surface area contributed by atoms with E-state index < -0.39 is 0 Å². The number of hydrogen-bond donors (Lipinski definition) is 0. The minimum Gasteiger partial charge on any atom is -1.00 e. The predicted octanol–water partition coefficient (Wildman–Crippen LogP) is -36.0. The number of hydrogen-bond acceptors (Lipinski definition) is 0. The predicted molar refractivity (Wildman–Crippen MR) is 0 cm³/mol. The number of halogens is 12. The minimum atomic E-state index is 0.